The molecule has 1 saturated heterocycles. The van der Waals surface area contributed by atoms with Gasteiger partial charge in [0, 0.05) is 30.7 Å². The quantitative estimate of drug-likeness (QED) is 0.754. The van der Waals surface area contributed by atoms with Gasteiger partial charge < -0.3 is 20.1 Å². The number of amides is 2. The van der Waals surface area contributed by atoms with E-state index in [0.717, 1.165) is 6.07 Å². The molecule has 0 spiro atoms. The van der Waals surface area contributed by atoms with Crippen molar-refractivity contribution in [1.82, 2.24) is 10.3 Å². The van der Waals surface area contributed by atoms with Crippen LogP contribution in [-0.4, -0.2) is 34.4 Å². The zero-order valence-corrected chi connectivity index (χ0v) is 15.1. The van der Waals surface area contributed by atoms with Crippen LogP contribution in [0.5, 0.6) is 0 Å². The minimum atomic E-state index is -2.35. The Bertz CT molecular complexity index is 960. The van der Waals surface area contributed by atoms with Crippen molar-refractivity contribution in [3.8, 4) is 6.07 Å². The molecule has 2 amide bonds. The zero-order chi connectivity index (χ0) is 20.3. The van der Waals surface area contributed by atoms with Gasteiger partial charge in [-0.05, 0) is 29.8 Å². The number of anilines is 1. The number of benzene rings is 1. The smallest absolute Gasteiger partial charge is 0.407 e. The highest BCUT2D eigenvalue weighted by molar-refractivity contribution is 6.30. The van der Waals surface area contributed by atoms with Crippen LogP contribution in [0.1, 0.15) is 17.5 Å². The lowest BCUT2D eigenvalue weighted by molar-refractivity contribution is -0.175. The number of pyridine rings is 1. The molecule has 0 bridgehead atoms. The average molecular weight is 405 g/mol. The molecule has 0 unspecified atom stereocenters. The van der Waals surface area contributed by atoms with Gasteiger partial charge in [0.25, 0.3) is 11.7 Å². The van der Waals surface area contributed by atoms with Crippen molar-refractivity contribution in [2.24, 2.45) is 0 Å². The van der Waals surface area contributed by atoms with Crippen LogP contribution in [0, 0.1) is 17.1 Å². The topological polar surface area (TPSA) is 116 Å². The summed E-state index contributed by atoms with van der Waals surface area (Å²) in [6, 6.07) is 7.09. The molecule has 2 heterocycles. The third-order valence-electron chi connectivity index (χ3n) is 4.04. The number of rotatable bonds is 4. The molecule has 8 nitrogen and oxygen atoms in total. The third-order valence-corrected chi connectivity index (χ3v) is 4.26. The molecule has 0 radical (unpaired) electrons. The van der Waals surface area contributed by atoms with Gasteiger partial charge in [0.2, 0.25) is 0 Å². The highest BCUT2D eigenvalue weighted by Gasteiger charge is 2.49. The molecule has 2 aromatic rings. The highest BCUT2D eigenvalue weighted by atomic mass is 35.5. The van der Waals surface area contributed by atoms with Crippen LogP contribution in [0.15, 0.2) is 36.7 Å². The summed E-state index contributed by atoms with van der Waals surface area (Å²) in [7, 11) is 0. The van der Waals surface area contributed by atoms with Gasteiger partial charge in [-0.25, -0.2) is 9.18 Å². The summed E-state index contributed by atoms with van der Waals surface area (Å²) in [5.74, 6) is -3.77. The first-order chi connectivity index (χ1) is 13.3. The molecule has 28 heavy (non-hydrogen) atoms. The summed E-state index contributed by atoms with van der Waals surface area (Å²) in [5, 5.41) is 21.9. The number of nitrogens with one attached hydrogen (secondary N) is 1. The van der Waals surface area contributed by atoms with Gasteiger partial charge in [0.05, 0.1) is 17.4 Å². The number of hydrogen-bond acceptors (Lipinski definition) is 6. The Morgan fingerprint density at radius 1 is 1.43 bits per heavy atom. The van der Waals surface area contributed by atoms with Crippen molar-refractivity contribution in [3.63, 3.8) is 0 Å². The van der Waals surface area contributed by atoms with Gasteiger partial charge in [-0.2, -0.15) is 5.26 Å². The number of halogens is 2. The van der Waals surface area contributed by atoms with Crippen LogP contribution < -0.4 is 10.2 Å². The lowest BCUT2D eigenvalue weighted by atomic mass is 10.2. The Morgan fingerprint density at radius 3 is 2.93 bits per heavy atom. The lowest BCUT2D eigenvalue weighted by Gasteiger charge is -2.22. The van der Waals surface area contributed by atoms with Gasteiger partial charge in [-0.1, -0.05) is 11.6 Å². The van der Waals surface area contributed by atoms with E-state index in [0.29, 0.717) is 11.3 Å². The maximum absolute atomic E-state index is 13.3. The van der Waals surface area contributed by atoms with E-state index in [1.54, 1.807) is 0 Å². The second-order valence-corrected chi connectivity index (χ2v) is 6.49. The zero-order valence-electron chi connectivity index (χ0n) is 14.4. The molecule has 1 aromatic heterocycles. The highest BCUT2D eigenvalue weighted by Crippen LogP contribution is 2.29. The monoisotopic (exact) mass is 404 g/mol. The van der Waals surface area contributed by atoms with E-state index in [9.17, 15) is 19.1 Å². The first-order valence-electron chi connectivity index (χ1n) is 8.12. The van der Waals surface area contributed by atoms with E-state index >= 15 is 0 Å². The molecule has 0 aliphatic carbocycles. The fraction of sp³-hybridized carbons (Fsp3) is 0.222. The fourth-order valence-electron chi connectivity index (χ4n) is 2.74. The number of nitrogens with zero attached hydrogens (tertiary/aromatic N) is 3. The second-order valence-electron chi connectivity index (χ2n) is 6.06. The van der Waals surface area contributed by atoms with Gasteiger partial charge >= 0.3 is 6.09 Å². The van der Waals surface area contributed by atoms with Crippen LogP contribution in [-0.2, 0) is 16.1 Å². The lowest BCUT2D eigenvalue weighted by Crippen LogP contribution is -2.46. The van der Waals surface area contributed by atoms with Crippen molar-refractivity contribution in [2.45, 2.75) is 18.8 Å². The number of aromatic nitrogens is 1. The van der Waals surface area contributed by atoms with Gasteiger partial charge in [0.1, 0.15) is 11.9 Å². The summed E-state index contributed by atoms with van der Waals surface area (Å²) < 4.78 is 18.2. The maximum atomic E-state index is 13.3. The van der Waals surface area contributed by atoms with E-state index in [4.69, 9.17) is 21.6 Å². The number of carbonyl (C=O) groups excluding carboxylic acids is 2. The van der Waals surface area contributed by atoms with Crippen LogP contribution in [0.25, 0.3) is 0 Å². The second kappa shape index (κ2) is 7.80. The molecular weight excluding hydrogens is 391 g/mol. The first-order valence-corrected chi connectivity index (χ1v) is 8.50. The summed E-state index contributed by atoms with van der Waals surface area (Å²) in [6.07, 6.45) is 1.47. The molecule has 144 valence electrons. The largest absolute Gasteiger partial charge is 0.410 e. The minimum Gasteiger partial charge on any atom is -0.407 e. The molecule has 0 saturated carbocycles. The summed E-state index contributed by atoms with van der Waals surface area (Å²) in [5.41, 5.74) is 0.930. The van der Waals surface area contributed by atoms with E-state index in [1.165, 1.54) is 35.5 Å². The Labute approximate surface area is 164 Å². The van der Waals surface area contributed by atoms with Gasteiger partial charge in [0.15, 0.2) is 0 Å². The number of nitriles is 1. The van der Waals surface area contributed by atoms with Crippen LogP contribution >= 0.6 is 11.6 Å². The van der Waals surface area contributed by atoms with E-state index in [-0.39, 0.29) is 30.1 Å². The number of aliphatic hydroxyl groups is 1. The average Bonchev–Trinajstić information content (AvgIpc) is 2.94. The molecule has 3 rings (SSSR count). The van der Waals surface area contributed by atoms with Crippen LogP contribution in [0.2, 0.25) is 5.02 Å². The standard InChI is InChI=1S/C18H14ClFN4O4/c19-13-3-11(4-14(20)6-13)9-23-17(26)28-18(27)1-2-24(16(18)25)15-5-12(7-21)8-22-10-15/h3-6,8,10,27H,1-2,9H2,(H,23,26)/t18-/m0/s1. The molecule has 1 aromatic carbocycles. The molecule has 2 N–H and O–H groups in total. The number of ether oxygens (including phenoxy) is 1. The Balaban J connectivity index is 1.64. The normalized spacial score (nSPS) is 18.6. The van der Waals surface area contributed by atoms with E-state index in [1.807, 2.05) is 6.07 Å². The Hall–Kier alpha value is -3.22. The predicted octanol–water partition coefficient (Wildman–Crippen LogP) is 2.10. The van der Waals surface area contributed by atoms with Gasteiger partial charge in [-0.3, -0.25) is 9.78 Å². The van der Waals surface area contributed by atoms with Crippen molar-refractivity contribution < 1.29 is 23.8 Å². The van der Waals surface area contributed by atoms with E-state index in [2.05, 4.69) is 10.3 Å². The minimum absolute atomic E-state index is 0.0681. The number of alkyl carbamates (subject to hydrolysis) is 1. The molecule has 10 heteroatoms. The van der Waals surface area contributed by atoms with Crippen molar-refractivity contribution in [1.29, 1.82) is 5.26 Å². The molecule has 1 atom stereocenters. The summed E-state index contributed by atoms with van der Waals surface area (Å²) >= 11 is 5.74. The molecule has 1 fully saturated rings. The molecule has 1 aliphatic heterocycles. The summed E-state index contributed by atoms with van der Waals surface area (Å²) in [6.45, 7) is -0.0445. The Kier molecular flexibility index (Phi) is 5.44. The van der Waals surface area contributed by atoms with Crippen LogP contribution in [0.3, 0.4) is 0 Å². The van der Waals surface area contributed by atoms with Crippen molar-refractivity contribution >= 4 is 29.3 Å². The van der Waals surface area contributed by atoms with Crippen molar-refractivity contribution in [3.05, 3.63) is 58.6 Å². The molecule has 1 aliphatic rings. The van der Waals surface area contributed by atoms with Crippen LogP contribution in [0.4, 0.5) is 14.9 Å². The SMILES string of the molecule is N#Cc1cncc(N2CC[C@](O)(OC(=O)NCc3cc(F)cc(Cl)c3)C2=O)c1. The van der Waals surface area contributed by atoms with Crippen molar-refractivity contribution in [2.75, 3.05) is 11.4 Å². The van der Waals surface area contributed by atoms with E-state index < -0.39 is 23.6 Å². The van der Waals surface area contributed by atoms with Gasteiger partial charge in [-0.15, -0.1) is 0 Å². The first kappa shape index (κ1) is 19.5. The Morgan fingerprint density at radius 2 is 2.21 bits per heavy atom. The number of hydrogen-bond donors (Lipinski definition) is 2. The fourth-order valence-corrected chi connectivity index (χ4v) is 2.98. The maximum Gasteiger partial charge on any atom is 0.410 e. The third kappa shape index (κ3) is 4.19. The number of carbonyl (C=O) groups is 2. The summed E-state index contributed by atoms with van der Waals surface area (Å²) in [4.78, 5) is 29.5. The molecular formula is C18H14ClFN4O4. The predicted molar refractivity (Wildman–Crippen MR) is 95.6 cm³/mol.